The van der Waals surface area contributed by atoms with Crippen LogP contribution in [0.5, 0.6) is 0 Å². The van der Waals surface area contributed by atoms with Crippen molar-refractivity contribution in [1.29, 1.82) is 0 Å². The van der Waals surface area contributed by atoms with E-state index in [1.807, 2.05) is 4.90 Å². The van der Waals surface area contributed by atoms with Crippen molar-refractivity contribution in [1.82, 2.24) is 14.1 Å². The normalized spacial score (nSPS) is 19.2. The fourth-order valence-corrected chi connectivity index (χ4v) is 7.94. The Kier molecular flexibility index (Phi) is 6.98. The standard InChI is InChI=1S/C25H32N4O4S2/c1-2-27-16-11-20-21(17-27)34-24(22(20)25(31)28-12-3-4-13-28)26-23(30)18-7-9-19(10-8-18)35(32,33)29-14-5-6-15-29/h7-10H,2-6,11-17H2,1H3,(H,26,30). The molecule has 2 fully saturated rings. The van der Waals surface area contributed by atoms with Gasteiger partial charge in [-0.1, -0.05) is 6.92 Å². The minimum Gasteiger partial charge on any atom is -0.339 e. The van der Waals surface area contributed by atoms with Gasteiger partial charge in [-0.2, -0.15) is 4.31 Å². The molecule has 0 saturated carbocycles. The zero-order valence-corrected chi connectivity index (χ0v) is 21.7. The first-order valence-electron chi connectivity index (χ1n) is 12.5. The average Bonchev–Trinajstić information content (AvgIpc) is 3.64. The third-order valence-corrected chi connectivity index (χ3v) is 10.3. The molecule has 188 valence electrons. The lowest BCUT2D eigenvalue weighted by molar-refractivity contribution is 0.0792. The van der Waals surface area contributed by atoms with Crippen LogP contribution in [0.25, 0.3) is 0 Å². The van der Waals surface area contributed by atoms with Crippen LogP contribution >= 0.6 is 11.3 Å². The molecule has 2 saturated heterocycles. The van der Waals surface area contributed by atoms with E-state index in [2.05, 4.69) is 17.1 Å². The summed E-state index contributed by atoms with van der Waals surface area (Å²) in [5.41, 5.74) is 2.08. The summed E-state index contributed by atoms with van der Waals surface area (Å²) in [6.07, 6.45) is 4.57. The van der Waals surface area contributed by atoms with E-state index in [1.165, 1.54) is 27.8 Å². The Morgan fingerprint density at radius 2 is 1.63 bits per heavy atom. The Morgan fingerprint density at radius 1 is 0.971 bits per heavy atom. The number of likely N-dealkylation sites (N-methyl/N-ethyl adjacent to an activating group) is 1. The maximum absolute atomic E-state index is 13.4. The van der Waals surface area contributed by atoms with E-state index < -0.39 is 10.0 Å². The maximum atomic E-state index is 13.4. The molecular weight excluding hydrogens is 484 g/mol. The van der Waals surface area contributed by atoms with Gasteiger partial charge in [-0.05, 0) is 68.5 Å². The quantitative estimate of drug-likeness (QED) is 0.636. The van der Waals surface area contributed by atoms with Crippen LogP contribution in [0.2, 0.25) is 0 Å². The number of carbonyl (C=O) groups is 2. The summed E-state index contributed by atoms with van der Waals surface area (Å²) < 4.78 is 27.1. The Bertz CT molecular complexity index is 1210. The highest BCUT2D eigenvalue weighted by atomic mass is 32.2. The molecule has 10 heteroatoms. The first-order chi connectivity index (χ1) is 16.9. The van der Waals surface area contributed by atoms with Gasteiger partial charge in [-0.15, -0.1) is 11.3 Å². The van der Waals surface area contributed by atoms with Crippen molar-refractivity contribution in [2.45, 2.75) is 50.5 Å². The molecule has 0 radical (unpaired) electrons. The van der Waals surface area contributed by atoms with Gasteiger partial charge < -0.3 is 10.2 Å². The van der Waals surface area contributed by atoms with Crippen LogP contribution < -0.4 is 5.32 Å². The van der Waals surface area contributed by atoms with E-state index in [9.17, 15) is 18.0 Å². The Hall–Kier alpha value is -2.27. The molecule has 1 aromatic carbocycles. The van der Waals surface area contributed by atoms with E-state index in [0.717, 1.165) is 75.3 Å². The molecule has 3 aliphatic rings. The molecule has 0 bridgehead atoms. The summed E-state index contributed by atoms with van der Waals surface area (Å²) in [6, 6.07) is 6.09. The second kappa shape index (κ2) is 10.0. The number of carbonyl (C=O) groups excluding carboxylic acids is 2. The lowest BCUT2D eigenvalue weighted by Crippen LogP contribution is -2.32. The summed E-state index contributed by atoms with van der Waals surface area (Å²) in [6.45, 7) is 7.35. The molecule has 0 atom stereocenters. The van der Waals surface area contributed by atoms with Crippen molar-refractivity contribution in [3.8, 4) is 0 Å². The third-order valence-electron chi connectivity index (χ3n) is 7.24. The molecule has 2 aromatic rings. The van der Waals surface area contributed by atoms with E-state index >= 15 is 0 Å². The van der Waals surface area contributed by atoms with Crippen LogP contribution in [0.1, 0.15) is 63.8 Å². The van der Waals surface area contributed by atoms with Crippen molar-refractivity contribution < 1.29 is 18.0 Å². The molecule has 35 heavy (non-hydrogen) atoms. The summed E-state index contributed by atoms with van der Waals surface area (Å²) in [4.78, 5) is 32.2. The summed E-state index contributed by atoms with van der Waals surface area (Å²) in [7, 11) is -3.53. The molecule has 1 N–H and O–H groups in total. The number of amides is 2. The maximum Gasteiger partial charge on any atom is 0.257 e. The number of fused-ring (bicyclic) bond motifs is 1. The highest BCUT2D eigenvalue weighted by molar-refractivity contribution is 7.89. The van der Waals surface area contributed by atoms with Crippen LogP contribution in [0.15, 0.2) is 29.2 Å². The predicted octanol–water partition coefficient (Wildman–Crippen LogP) is 3.40. The van der Waals surface area contributed by atoms with Gasteiger partial charge in [0.15, 0.2) is 0 Å². The smallest absolute Gasteiger partial charge is 0.257 e. The minimum absolute atomic E-state index is 0.00676. The number of thiophene rings is 1. The van der Waals surface area contributed by atoms with Gasteiger partial charge in [0.25, 0.3) is 11.8 Å². The van der Waals surface area contributed by atoms with Gasteiger partial charge in [0.05, 0.1) is 10.5 Å². The second-order valence-electron chi connectivity index (χ2n) is 9.42. The number of hydrogen-bond donors (Lipinski definition) is 1. The summed E-state index contributed by atoms with van der Waals surface area (Å²) in [5.74, 6) is -0.330. The van der Waals surface area contributed by atoms with E-state index in [1.54, 1.807) is 12.1 Å². The molecule has 5 rings (SSSR count). The molecule has 8 nitrogen and oxygen atoms in total. The van der Waals surface area contributed by atoms with Crippen LogP contribution in [-0.4, -0.2) is 73.6 Å². The molecule has 0 unspecified atom stereocenters. The Balaban J connectivity index is 1.39. The number of sulfonamides is 1. The number of rotatable bonds is 6. The van der Waals surface area contributed by atoms with Crippen LogP contribution in [-0.2, 0) is 23.0 Å². The van der Waals surface area contributed by atoms with E-state index in [-0.39, 0.29) is 16.7 Å². The monoisotopic (exact) mass is 516 g/mol. The number of nitrogens with zero attached hydrogens (tertiary/aromatic N) is 3. The minimum atomic E-state index is -3.53. The second-order valence-corrected chi connectivity index (χ2v) is 12.5. The zero-order chi connectivity index (χ0) is 24.6. The molecule has 3 aliphatic heterocycles. The van der Waals surface area contributed by atoms with Crippen LogP contribution in [0.4, 0.5) is 5.00 Å². The van der Waals surface area contributed by atoms with Gasteiger partial charge in [-0.3, -0.25) is 14.5 Å². The van der Waals surface area contributed by atoms with E-state index in [4.69, 9.17) is 0 Å². The van der Waals surface area contributed by atoms with Crippen molar-refractivity contribution in [2.75, 3.05) is 44.6 Å². The molecule has 0 aliphatic carbocycles. The summed E-state index contributed by atoms with van der Waals surface area (Å²) in [5, 5.41) is 3.59. The van der Waals surface area contributed by atoms with Crippen LogP contribution in [0, 0.1) is 0 Å². The van der Waals surface area contributed by atoms with Crippen molar-refractivity contribution in [3.05, 3.63) is 45.8 Å². The van der Waals surface area contributed by atoms with E-state index in [0.29, 0.717) is 29.2 Å². The van der Waals surface area contributed by atoms with Crippen LogP contribution in [0.3, 0.4) is 0 Å². The third kappa shape index (κ3) is 4.76. The largest absolute Gasteiger partial charge is 0.339 e. The molecule has 1 aromatic heterocycles. The van der Waals surface area contributed by atoms with Crippen molar-refractivity contribution in [3.63, 3.8) is 0 Å². The van der Waals surface area contributed by atoms with Gasteiger partial charge in [-0.25, -0.2) is 8.42 Å². The summed E-state index contributed by atoms with van der Waals surface area (Å²) >= 11 is 1.49. The first-order valence-corrected chi connectivity index (χ1v) is 14.7. The fourth-order valence-electron chi connectivity index (χ4n) is 5.15. The first kappa shape index (κ1) is 24.4. The number of likely N-dealkylation sites (tertiary alicyclic amines) is 1. The Morgan fingerprint density at radius 3 is 2.29 bits per heavy atom. The number of anilines is 1. The molecule has 0 spiro atoms. The van der Waals surface area contributed by atoms with Gasteiger partial charge in [0.1, 0.15) is 5.00 Å². The highest BCUT2D eigenvalue weighted by Crippen LogP contribution is 2.38. The Labute approximate surface area is 210 Å². The van der Waals surface area contributed by atoms with Gasteiger partial charge >= 0.3 is 0 Å². The SMILES string of the molecule is CCN1CCc2c(sc(NC(=O)c3ccc(S(=O)(=O)N4CCCC4)cc3)c2C(=O)N2CCCC2)C1. The highest BCUT2D eigenvalue weighted by Gasteiger charge is 2.32. The number of hydrogen-bond acceptors (Lipinski definition) is 6. The zero-order valence-electron chi connectivity index (χ0n) is 20.1. The van der Waals surface area contributed by atoms with Crippen molar-refractivity contribution in [2.24, 2.45) is 0 Å². The molecular formula is C25H32N4O4S2. The lowest BCUT2D eigenvalue weighted by Gasteiger charge is -2.26. The molecule has 2 amide bonds. The lowest BCUT2D eigenvalue weighted by atomic mass is 10.0. The van der Waals surface area contributed by atoms with Crippen molar-refractivity contribution >= 4 is 38.2 Å². The number of benzene rings is 1. The topological polar surface area (TPSA) is 90.0 Å². The predicted molar refractivity (Wildman–Crippen MR) is 136 cm³/mol. The van der Waals surface area contributed by atoms with Gasteiger partial charge in [0.2, 0.25) is 10.0 Å². The fraction of sp³-hybridized carbons (Fsp3) is 0.520. The molecule has 4 heterocycles. The van der Waals surface area contributed by atoms with Gasteiger partial charge in [0, 0.05) is 49.7 Å². The number of nitrogens with one attached hydrogen (secondary N) is 1. The average molecular weight is 517 g/mol.